The lowest BCUT2D eigenvalue weighted by molar-refractivity contribution is 0.199. The molecule has 0 amide bonds. The number of hydrogen-bond acceptors (Lipinski definition) is 3. The zero-order valence-electron chi connectivity index (χ0n) is 8.67. The summed E-state index contributed by atoms with van der Waals surface area (Å²) in [5.41, 5.74) is 1.12. The monoisotopic (exact) mass is 222 g/mol. The molecule has 80 valence electrons. The molecule has 1 heterocycles. The van der Waals surface area contributed by atoms with Gasteiger partial charge in [0.15, 0.2) is 0 Å². The molecule has 0 fully saturated rings. The fourth-order valence-corrected chi connectivity index (χ4v) is 2.69. The van der Waals surface area contributed by atoms with Gasteiger partial charge in [-0.25, -0.2) is 4.41 Å². The highest BCUT2D eigenvalue weighted by atomic mass is 32.2. The molecule has 4 heteroatoms. The molecule has 0 saturated heterocycles. The number of hydrogen-bond donors (Lipinski definition) is 0. The second kappa shape index (κ2) is 5.09. The molecule has 1 unspecified atom stereocenters. The lowest BCUT2D eigenvalue weighted by Crippen LogP contribution is -2.08. The number of benzene rings is 1. The van der Waals surface area contributed by atoms with E-state index >= 15 is 0 Å². The Morgan fingerprint density at radius 2 is 2.13 bits per heavy atom. The standard InChI is InChI=1S/C11H14N2OS/c1-2-14-10-15-9-8-12-13(15)11-6-4-3-5-7-11/h3-9H,2,10H2,1H3. The molecule has 0 saturated carbocycles. The van der Waals surface area contributed by atoms with Gasteiger partial charge in [-0.15, -0.1) is 0 Å². The van der Waals surface area contributed by atoms with Crippen LogP contribution in [0.15, 0.2) is 35.4 Å². The van der Waals surface area contributed by atoms with E-state index in [0.717, 1.165) is 12.3 Å². The summed E-state index contributed by atoms with van der Waals surface area (Å²) in [4.78, 5) is 0. The molecule has 1 aliphatic heterocycles. The zero-order chi connectivity index (χ0) is 10.5. The first-order valence-corrected chi connectivity index (χ1v) is 6.33. The quantitative estimate of drug-likeness (QED) is 0.731. The van der Waals surface area contributed by atoms with Crippen molar-refractivity contribution in [2.75, 3.05) is 17.0 Å². The van der Waals surface area contributed by atoms with Crippen LogP contribution in [0, 0.1) is 0 Å². The zero-order valence-corrected chi connectivity index (χ0v) is 9.48. The van der Waals surface area contributed by atoms with E-state index in [0.29, 0.717) is 5.94 Å². The molecule has 1 aromatic rings. The van der Waals surface area contributed by atoms with Crippen LogP contribution >= 0.6 is 10.7 Å². The predicted molar refractivity (Wildman–Crippen MR) is 67.6 cm³/mol. The molecule has 3 nitrogen and oxygen atoms in total. The van der Waals surface area contributed by atoms with Gasteiger partial charge < -0.3 is 4.74 Å². The van der Waals surface area contributed by atoms with Crippen molar-refractivity contribution in [1.82, 2.24) is 0 Å². The van der Waals surface area contributed by atoms with Gasteiger partial charge in [0, 0.05) is 12.0 Å². The van der Waals surface area contributed by atoms with Crippen LogP contribution in [0.1, 0.15) is 6.92 Å². The van der Waals surface area contributed by atoms with Gasteiger partial charge in [-0.3, -0.25) is 0 Å². The molecule has 1 aliphatic rings. The van der Waals surface area contributed by atoms with Crippen molar-refractivity contribution in [3.05, 3.63) is 30.3 Å². The molecular weight excluding hydrogens is 208 g/mol. The summed E-state index contributed by atoms with van der Waals surface area (Å²) in [6, 6.07) is 10.2. The first-order valence-electron chi connectivity index (χ1n) is 4.92. The van der Waals surface area contributed by atoms with E-state index < -0.39 is 0 Å². The Balaban J connectivity index is 2.10. The number of rotatable bonds is 4. The summed E-state index contributed by atoms with van der Waals surface area (Å²) in [6.45, 7) is 2.76. The molecule has 0 N–H and O–H groups in total. The number of ether oxygens (including phenoxy) is 1. The van der Waals surface area contributed by atoms with Crippen molar-refractivity contribution in [1.29, 1.82) is 0 Å². The van der Waals surface area contributed by atoms with E-state index in [1.165, 1.54) is 0 Å². The molecule has 0 aliphatic carbocycles. The molecule has 1 atom stereocenters. The molecule has 1 aromatic carbocycles. The Hall–Kier alpha value is -1.13. The summed E-state index contributed by atoms with van der Waals surface area (Å²) in [5.74, 6) is 0.714. The summed E-state index contributed by atoms with van der Waals surface area (Å²) in [6.07, 6.45) is 1.84. The van der Waals surface area contributed by atoms with E-state index in [2.05, 4.69) is 22.6 Å². The fourth-order valence-electron chi connectivity index (χ4n) is 1.29. The smallest absolute Gasteiger partial charge is 0.107 e. The van der Waals surface area contributed by atoms with Crippen LogP contribution in [-0.4, -0.2) is 24.1 Å². The second-order valence-corrected chi connectivity index (χ2v) is 4.68. The minimum Gasteiger partial charge on any atom is -0.370 e. The Labute approximate surface area is 92.4 Å². The maximum absolute atomic E-state index is 5.43. The van der Waals surface area contributed by atoms with Gasteiger partial charge in [0.05, 0.1) is 11.9 Å². The van der Waals surface area contributed by atoms with E-state index in [4.69, 9.17) is 4.74 Å². The highest BCUT2D eigenvalue weighted by Crippen LogP contribution is 2.29. The molecule has 15 heavy (non-hydrogen) atoms. The highest BCUT2D eigenvalue weighted by Gasteiger charge is 2.12. The second-order valence-electron chi connectivity index (χ2n) is 3.02. The van der Waals surface area contributed by atoms with Gasteiger partial charge in [-0.05, 0) is 29.7 Å². The highest BCUT2D eigenvalue weighted by molar-refractivity contribution is 8.17. The number of para-hydroxylation sites is 1. The predicted octanol–water partition coefficient (Wildman–Crippen LogP) is 2.47. The summed E-state index contributed by atoms with van der Waals surface area (Å²) in [7, 11) is -0.0521. The third kappa shape index (κ3) is 2.46. The fraction of sp³-hybridized carbons (Fsp3) is 0.273. The van der Waals surface area contributed by atoms with Crippen molar-refractivity contribution in [3.8, 4) is 0 Å². The van der Waals surface area contributed by atoms with E-state index in [1.54, 1.807) is 0 Å². The molecule has 0 aromatic heterocycles. The van der Waals surface area contributed by atoms with Crippen LogP contribution in [0.3, 0.4) is 0 Å². The molecule has 0 radical (unpaired) electrons. The van der Waals surface area contributed by atoms with Gasteiger partial charge in [0.25, 0.3) is 0 Å². The van der Waals surface area contributed by atoms with Crippen molar-refractivity contribution in [3.63, 3.8) is 0 Å². The van der Waals surface area contributed by atoms with Crippen LogP contribution in [0.25, 0.3) is 0 Å². The Morgan fingerprint density at radius 3 is 2.87 bits per heavy atom. The van der Waals surface area contributed by atoms with Gasteiger partial charge in [-0.1, -0.05) is 18.2 Å². The summed E-state index contributed by atoms with van der Waals surface area (Å²) < 4.78 is 7.44. The average Bonchev–Trinajstić information content (AvgIpc) is 2.75. The minimum absolute atomic E-state index is 0.0521. The van der Waals surface area contributed by atoms with Crippen LogP contribution in [0.4, 0.5) is 5.69 Å². The van der Waals surface area contributed by atoms with E-state index in [9.17, 15) is 0 Å². The Morgan fingerprint density at radius 1 is 1.33 bits per heavy atom. The topological polar surface area (TPSA) is 24.8 Å². The SMILES string of the molecule is CCOCS1=CC=NN1c1ccccc1. The third-order valence-corrected chi connectivity index (χ3v) is 3.59. The molecular formula is C11H14N2OS. The summed E-state index contributed by atoms with van der Waals surface area (Å²) >= 11 is 0. The summed E-state index contributed by atoms with van der Waals surface area (Å²) in [5, 5.41) is 6.41. The Kier molecular flexibility index (Phi) is 3.53. The van der Waals surface area contributed by atoms with Gasteiger partial charge >= 0.3 is 0 Å². The van der Waals surface area contributed by atoms with Crippen molar-refractivity contribution in [2.45, 2.75) is 6.92 Å². The van der Waals surface area contributed by atoms with Gasteiger partial charge in [0.1, 0.15) is 5.94 Å². The molecule has 2 rings (SSSR count). The number of hydrazone groups is 1. The lowest BCUT2D eigenvalue weighted by atomic mass is 10.3. The molecule has 0 bridgehead atoms. The normalized spacial score (nSPS) is 19.3. The van der Waals surface area contributed by atoms with Crippen LogP contribution in [0.2, 0.25) is 0 Å². The van der Waals surface area contributed by atoms with Gasteiger partial charge in [-0.2, -0.15) is 5.10 Å². The van der Waals surface area contributed by atoms with Crippen molar-refractivity contribution >= 4 is 27.9 Å². The van der Waals surface area contributed by atoms with Crippen LogP contribution in [-0.2, 0) is 4.74 Å². The Bertz CT molecular complexity index is 375. The van der Waals surface area contributed by atoms with Crippen molar-refractivity contribution < 1.29 is 4.74 Å². The lowest BCUT2D eigenvalue weighted by Gasteiger charge is -2.19. The maximum Gasteiger partial charge on any atom is 0.107 e. The van der Waals surface area contributed by atoms with Gasteiger partial charge in [0.2, 0.25) is 0 Å². The third-order valence-electron chi connectivity index (χ3n) is 2.00. The minimum atomic E-state index is -0.0521. The van der Waals surface area contributed by atoms with Crippen LogP contribution in [0.5, 0.6) is 0 Å². The van der Waals surface area contributed by atoms with E-state index in [1.807, 2.05) is 35.8 Å². The van der Waals surface area contributed by atoms with Crippen molar-refractivity contribution in [2.24, 2.45) is 5.10 Å². The average molecular weight is 222 g/mol. The van der Waals surface area contributed by atoms with E-state index in [-0.39, 0.29) is 10.7 Å². The first-order chi connectivity index (χ1) is 7.42. The first kappa shape index (κ1) is 10.4. The van der Waals surface area contributed by atoms with Crippen LogP contribution < -0.4 is 4.41 Å². The maximum atomic E-state index is 5.43. The molecule has 0 spiro atoms. The number of nitrogens with zero attached hydrogens (tertiary/aromatic N) is 2. The largest absolute Gasteiger partial charge is 0.370 e. The number of anilines is 1.